The van der Waals surface area contributed by atoms with Gasteiger partial charge in [0.15, 0.2) is 5.76 Å². The van der Waals surface area contributed by atoms with Crippen molar-refractivity contribution in [3.63, 3.8) is 0 Å². The quantitative estimate of drug-likeness (QED) is 0.773. The van der Waals surface area contributed by atoms with Crippen LogP contribution in [-0.2, 0) is 16.0 Å². The summed E-state index contributed by atoms with van der Waals surface area (Å²) < 4.78 is 10.7. The third-order valence-corrected chi connectivity index (χ3v) is 3.48. The molecule has 0 aliphatic rings. The molecule has 0 bridgehead atoms. The van der Waals surface area contributed by atoms with Crippen molar-refractivity contribution < 1.29 is 23.5 Å². The van der Waals surface area contributed by atoms with E-state index in [-0.39, 0.29) is 18.9 Å². The highest BCUT2D eigenvalue weighted by molar-refractivity contribution is 5.79. The number of rotatable bonds is 8. The summed E-state index contributed by atoms with van der Waals surface area (Å²) in [6.45, 7) is 3.75. The SMILES string of the molecule is CCCC(CNC(=O)Cc1nc(-c2ccco2)oc1C)C(=O)O. The standard InChI is InChI=1S/C16H20N2O5/c1-3-5-11(16(20)21)9-17-14(19)8-12-10(2)23-15(18-12)13-6-4-7-22-13/h4,6-7,11H,3,5,8-9H2,1-2H3,(H,17,19)(H,20,21). The fraction of sp³-hybridized carbons (Fsp3) is 0.438. The first-order valence-corrected chi connectivity index (χ1v) is 7.51. The Balaban J connectivity index is 1.94. The minimum absolute atomic E-state index is 0.0362. The number of hydrogen-bond acceptors (Lipinski definition) is 5. The maximum Gasteiger partial charge on any atom is 0.308 e. The van der Waals surface area contributed by atoms with E-state index in [1.165, 1.54) is 6.26 Å². The van der Waals surface area contributed by atoms with E-state index in [1.54, 1.807) is 19.1 Å². The summed E-state index contributed by atoms with van der Waals surface area (Å²) in [6, 6.07) is 3.44. The van der Waals surface area contributed by atoms with Gasteiger partial charge in [0.1, 0.15) is 5.76 Å². The Bertz CT molecular complexity index is 660. The normalized spacial score (nSPS) is 12.1. The van der Waals surface area contributed by atoms with Crippen LogP contribution in [0.3, 0.4) is 0 Å². The highest BCUT2D eigenvalue weighted by Gasteiger charge is 2.19. The van der Waals surface area contributed by atoms with E-state index < -0.39 is 11.9 Å². The molecule has 1 atom stereocenters. The van der Waals surface area contributed by atoms with Crippen LogP contribution in [0.15, 0.2) is 27.2 Å². The third-order valence-electron chi connectivity index (χ3n) is 3.48. The molecule has 0 aliphatic carbocycles. The number of carbonyl (C=O) groups is 2. The van der Waals surface area contributed by atoms with E-state index in [4.69, 9.17) is 13.9 Å². The average Bonchev–Trinajstić information content (AvgIpc) is 3.13. The first kappa shape index (κ1) is 16.8. The van der Waals surface area contributed by atoms with Gasteiger partial charge in [0.2, 0.25) is 5.91 Å². The molecule has 0 saturated heterocycles. The lowest BCUT2D eigenvalue weighted by atomic mass is 10.0. The van der Waals surface area contributed by atoms with E-state index in [9.17, 15) is 9.59 Å². The first-order valence-electron chi connectivity index (χ1n) is 7.51. The second-order valence-corrected chi connectivity index (χ2v) is 5.30. The molecule has 7 heteroatoms. The number of amides is 1. The van der Waals surface area contributed by atoms with E-state index in [0.29, 0.717) is 29.5 Å². The van der Waals surface area contributed by atoms with Crippen LogP contribution in [0.2, 0.25) is 0 Å². The van der Waals surface area contributed by atoms with E-state index in [2.05, 4.69) is 10.3 Å². The van der Waals surface area contributed by atoms with Gasteiger partial charge in [0.05, 0.1) is 24.3 Å². The van der Waals surface area contributed by atoms with Gasteiger partial charge >= 0.3 is 5.97 Å². The molecular weight excluding hydrogens is 300 g/mol. The maximum atomic E-state index is 12.0. The molecule has 2 aromatic rings. The van der Waals surface area contributed by atoms with Crippen molar-refractivity contribution >= 4 is 11.9 Å². The lowest BCUT2D eigenvalue weighted by molar-refractivity contribution is -0.141. The van der Waals surface area contributed by atoms with Crippen LogP contribution in [0.4, 0.5) is 0 Å². The third kappa shape index (κ3) is 4.45. The van der Waals surface area contributed by atoms with Crippen molar-refractivity contribution in [1.82, 2.24) is 10.3 Å². The van der Waals surface area contributed by atoms with Gasteiger partial charge in [-0.3, -0.25) is 9.59 Å². The van der Waals surface area contributed by atoms with Crippen LogP contribution < -0.4 is 5.32 Å². The zero-order valence-corrected chi connectivity index (χ0v) is 13.2. The Morgan fingerprint density at radius 2 is 2.22 bits per heavy atom. The molecule has 2 N–H and O–H groups in total. The average molecular weight is 320 g/mol. The number of oxazole rings is 1. The summed E-state index contributed by atoms with van der Waals surface area (Å²) in [5.74, 6) is -0.395. The predicted molar refractivity (Wildman–Crippen MR) is 81.7 cm³/mol. The Kier molecular flexibility index (Phi) is 5.56. The van der Waals surface area contributed by atoms with Gasteiger partial charge in [-0.25, -0.2) is 4.98 Å². The Morgan fingerprint density at radius 1 is 1.43 bits per heavy atom. The fourth-order valence-electron chi connectivity index (χ4n) is 2.21. The topological polar surface area (TPSA) is 106 Å². The van der Waals surface area contributed by atoms with Crippen molar-refractivity contribution in [2.45, 2.75) is 33.1 Å². The number of furan rings is 1. The fourth-order valence-corrected chi connectivity index (χ4v) is 2.21. The summed E-state index contributed by atoms with van der Waals surface area (Å²) in [5, 5.41) is 11.7. The number of aliphatic carboxylic acids is 1. The molecule has 0 aliphatic heterocycles. The van der Waals surface area contributed by atoms with Gasteiger partial charge in [0, 0.05) is 6.54 Å². The lowest BCUT2D eigenvalue weighted by Crippen LogP contribution is -2.34. The number of nitrogens with one attached hydrogen (secondary N) is 1. The lowest BCUT2D eigenvalue weighted by Gasteiger charge is -2.11. The van der Waals surface area contributed by atoms with Crippen molar-refractivity contribution in [3.05, 3.63) is 29.9 Å². The Labute approximate surface area is 133 Å². The number of aryl methyl sites for hydroxylation is 1. The van der Waals surface area contributed by atoms with Crippen molar-refractivity contribution in [1.29, 1.82) is 0 Å². The van der Waals surface area contributed by atoms with E-state index >= 15 is 0 Å². The van der Waals surface area contributed by atoms with E-state index in [0.717, 1.165) is 6.42 Å². The summed E-state index contributed by atoms with van der Waals surface area (Å²) in [6.07, 6.45) is 2.83. The van der Waals surface area contributed by atoms with Gasteiger partial charge in [-0.1, -0.05) is 13.3 Å². The van der Waals surface area contributed by atoms with Gasteiger partial charge < -0.3 is 19.3 Å². The second-order valence-electron chi connectivity index (χ2n) is 5.30. The number of carbonyl (C=O) groups excluding carboxylic acids is 1. The number of hydrogen-bond donors (Lipinski definition) is 2. The van der Waals surface area contributed by atoms with Crippen LogP contribution in [0.1, 0.15) is 31.2 Å². The van der Waals surface area contributed by atoms with Crippen LogP contribution in [-0.4, -0.2) is 28.5 Å². The molecule has 1 amide bonds. The molecule has 2 rings (SSSR count). The molecule has 124 valence electrons. The van der Waals surface area contributed by atoms with Crippen molar-refractivity contribution in [2.24, 2.45) is 5.92 Å². The molecule has 0 radical (unpaired) electrons. The van der Waals surface area contributed by atoms with Crippen molar-refractivity contribution in [3.8, 4) is 11.7 Å². The summed E-state index contributed by atoms with van der Waals surface area (Å²) in [5.41, 5.74) is 0.510. The largest absolute Gasteiger partial charge is 0.481 e. The summed E-state index contributed by atoms with van der Waals surface area (Å²) in [4.78, 5) is 27.3. The van der Waals surface area contributed by atoms with Crippen LogP contribution in [0.25, 0.3) is 11.7 Å². The minimum Gasteiger partial charge on any atom is -0.481 e. The highest BCUT2D eigenvalue weighted by atomic mass is 16.4. The second kappa shape index (κ2) is 7.62. The molecular formula is C16H20N2O5. The molecule has 2 aromatic heterocycles. The minimum atomic E-state index is -0.898. The molecule has 0 aromatic carbocycles. The van der Waals surface area contributed by atoms with Crippen molar-refractivity contribution in [2.75, 3.05) is 6.54 Å². The number of carboxylic acid groups (broad SMARTS) is 1. The van der Waals surface area contributed by atoms with Gasteiger partial charge in [-0.15, -0.1) is 0 Å². The highest BCUT2D eigenvalue weighted by Crippen LogP contribution is 2.22. The zero-order valence-electron chi connectivity index (χ0n) is 13.2. The number of nitrogens with zero attached hydrogens (tertiary/aromatic N) is 1. The zero-order chi connectivity index (χ0) is 16.8. The Morgan fingerprint density at radius 3 is 2.83 bits per heavy atom. The predicted octanol–water partition coefficient (Wildman–Crippen LogP) is 2.40. The molecule has 0 fully saturated rings. The van der Waals surface area contributed by atoms with Crippen LogP contribution in [0.5, 0.6) is 0 Å². The first-order chi connectivity index (χ1) is 11.0. The monoisotopic (exact) mass is 320 g/mol. The number of carboxylic acids is 1. The smallest absolute Gasteiger partial charge is 0.308 e. The van der Waals surface area contributed by atoms with Gasteiger partial charge in [0.25, 0.3) is 5.89 Å². The van der Waals surface area contributed by atoms with E-state index in [1.807, 2.05) is 6.92 Å². The van der Waals surface area contributed by atoms with Gasteiger partial charge in [-0.05, 0) is 25.5 Å². The molecule has 7 nitrogen and oxygen atoms in total. The Hall–Kier alpha value is -2.57. The molecule has 2 heterocycles. The molecule has 0 saturated carbocycles. The summed E-state index contributed by atoms with van der Waals surface area (Å²) >= 11 is 0. The number of aromatic nitrogens is 1. The maximum absolute atomic E-state index is 12.0. The molecule has 23 heavy (non-hydrogen) atoms. The van der Waals surface area contributed by atoms with Gasteiger partial charge in [-0.2, -0.15) is 0 Å². The molecule has 1 unspecified atom stereocenters. The van der Waals surface area contributed by atoms with Crippen LogP contribution >= 0.6 is 0 Å². The molecule has 0 spiro atoms. The summed E-state index contributed by atoms with van der Waals surface area (Å²) in [7, 11) is 0. The van der Waals surface area contributed by atoms with Crippen LogP contribution in [0, 0.1) is 12.8 Å².